The van der Waals surface area contributed by atoms with Crippen molar-refractivity contribution in [2.24, 2.45) is 0 Å². The van der Waals surface area contributed by atoms with Crippen molar-refractivity contribution >= 4 is 19.7 Å². The topological polar surface area (TPSA) is 114 Å². The monoisotopic (exact) mass is 1170 g/mol. The van der Waals surface area contributed by atoms with Crippen LogP contribution < -0.4 is 10.2 Å². The van der Waals surface area contributed by atoms with Gasteiger partial charge in [0.1, 0.15) is 19.3 Å². The maximum atomic E-state index is 13.6. The summed E-state index contributed by atoms with van der Waals surface area (Å²) in [5.41, 5.74) is 0. The predicted molar refractivity (Wildman–Crippen MR) is 353 cm³/mol. The van der Waals surface area contributed by atoms with E-state index < -0.39 is 26.6 Å². The highest BCUT2D eigenvalue weighted by molar-refractivity contribution is 7.45. The van der Waals surface area contributed by atoms with Crippen LogP contribution in [0.4, 0.5) is 0 Å². The summed E-state index contributed by atoms with van der Waals surface area (Å²) in [6.07, 6.45) is 80.1. The van der Waals surface area contributed by atoms with Crippen LogP contribution in [0.2, 0.25) is 0 Å². The van der Waals surface area contributed by atoms with E-state index in [1.54, 1.807) is 0 Å². The highest BCUT2D eigenvalue weighted by Crippen LogP contribution is 2.38. The van der Waals surface area contributed by atoms with Crippen molar-refractivity contribution in [3.8, 4) is 0 Å². The second kappa shape index (κ2) is 61.5. The number of nitrogens with zero attached hydrogens (tertiary/aromatic N) is 1. The molecule has 0 rings (SSSR count). The molecule has 0 aliphatic heterocycles. The number of hydrogen-bond donors (Lipinski definition) is 1. The van der Waals surface area contributed by atoms with E-state index in [4.69, 9.17) is 13.8 Å². The minimum Gasteiger partial charge on any atom is -0.756 e. The quantitative estimate of drug-likeness (QED) is 0.0212. The van der Waals surface area contributed by atoms with Crippen molar-refractivity contribution in [3.05, 3.63) is 72.9 Å². The summed E-state index contributed by atoms with van der Waals surface area (Å²) in [6, 6.07) is -0.894. The van der Waals surface area contributed by atoms with Gasteiger partial charge >= 0.3 is 5.97 Å². The minimum absolute atomic E-state index is 0.0246. The fourth-order valence-corrected chi connectivity index (χ4v) is 10.7. The Hall–Kier alpha value is -2.55. The van der Waals surface area contributed by atoms with Crippen molar-refractivity contribution in [1.29, 1.82) is 0 Å². The number of esters is 1. The molecule has 0 heterocycles. The smallest absolute Gasteiger partial charge is 0.306 e. The molecule has 3 atom stereocenters. The van der Waals surface area contributed by atoms with Crippen LogP contribution in [0.5, 0.6) is 0 Å². The van der Waals surface area contributed by atoms with E-state index in [1.165, 1.54) is 212 Å². The fourth-order valence-electron chi connectivity index (χ4n) is 9.97. The molecule has 10 heteroatoms. The van der Waals surface area contributed by atoms with E-state index in [1.807, 2.05) is 33.3 Å². The molecule has 1 N–H and O–H groups in total. The van der Waals surface area contributed by atoms with Crippen molar-refractivity contribution in [2.45, 2.75) is 335 Å². The molecule has 0 aromatic carbocycles. The highest BCUT2D eigenvalue weighted by Gasteiger charge is 2.27. The summed E-state index contributed by atoms with van der Waals surface area (Å²) >= 11 is 0. The zero-order valence-electron chi connectivity index (χ0n) is 54.7. The second-order valence-corrected chi connectivity index (χ2v) is 26.1. The van der Waals surface area contributed by atoms with Crippen LogP contribution in [0.1, 0.15) is 323 Å². The van der Waals surface area contributed by atoms with Gasteiger partial charge in [0.25, 0.3) is 7.82 Å². The van der Waals surface area contributed by atoms with Gasteiger partial charge in [-0.1, -0.05) is 280 Å². The van der Waals surface area contributed by atoms with Crippen LogP contribution in [0, 0.1) is 0 Å². The van der Waals surface area contributed by atoms with Crippen LogP contribution >= 0.6 is 7.82 Å². The lowest BCUT2D eigenvalue weighted by Gasteiger charge is -2.30. The van der Waals surface area contributed by atoms with Gasteiger partial charge < -0.3 is 28.5 Å². The Morgan fingerprint density at radius 1 is 0.427 bits per heavy atom. The number of carbonyl (C=O) groups is 2. The normalized spacial score (nSPS) is 14.0. The third-order valence-corrected chi connectivity index (χ3v) is 16.3. The van der Waals surface area contributed by atoms with Gasteiger partial charge in [0.05, 0.1) is 33.8 Å². The SMILES string of the molecule is CCCCC/C=C\C/C=C\C/C=C\CCCCCCCCCCCCC(=O)OC(/C=C/CCCCCCCCCCCC)C(COP(=O)([O-])OCC[N+](C)(C)C)NC(=O)CCCCCCCCCCCCC/C=C\C/C=C\CCCCC. The maximum absolute atomic E-state index is 13.6. The summed E-state index contributed by atoms with van der Waals surface area (Å²) in [4.78, 5) is 40.2. The van der Waals surface area contributed by atoms with Gasteiger partial charge in [-0.15, -0.1) is 0 Å². The van der Waals surface area contributed by atoms with Crippen molar-refractivity contribution in [2.75, 3.05) is 40.9 Å². The molecular weight excluding hydrogens is 1040 g/mol. The minimum atomic E-state index is -4.71. The molecule has 0 spiro atoms. The molecule has 9 nitrogen and oxygen atoms in total. The molecule has 0 saturated heterocycles. The van der Waals surface area contributed by atoms with Crippen molar-refractivity contribution in [1.82, 2.24) is 5.32 Å². The first-order valence-electron chi connectivity index (χ1n) is 34.7. The molecular formula is C72H133N2O7P. The number of nitrogens with one attached hydrogen (secondary N) is 1. The van der Waals surface area contributed by atoms with Crippen LogP contribution in [0.25, 0.3) is 0 Å². The maximum Gasteiger partial charge on any atom is 0.306 e. The van der Waals surface area contributed by atoms with E-state index in [2.05, 4.69) is 86.8 Å². The summed E-state index contributed by atoms with van der Waals surface area (Å²) in [5.74, 6) is -0.540. The number of allylic oxidation sites excluding steroid dienone is 11. The second-order valence-electron chi connectivity index (χ2n) is 24.7. The number of phosphoric ester groups is 1. The van der Waals surface area contributed by atoms with Crippen LogP contribution in [-0.2, 0) is 27.9 Å². The number of likely N-dealkylation sites (N-methyl/N-ethyl adjacent to an activating group) is 1. The van der Waals surface area contributed by atoms with Crippen molar-refractivity contribution in [3.63, 3.8) is 0 Å². The Kier molecular flexibility index (Phi) is 59.6. The summed E-state index contributed by atoms with van der Waals surface area (Å²) in [6.45, 7) is 6.82. The molecule has 0 fully saturated rings. The van der Waals surface area contributed by atoms with Gasteiger partial charge in [0.2, 0.25) is 5.91 Å². The number of unbranched alkanes of at least 4 members (excludes halogenated alkanes) is 37. The zero-order chi connectivity index (χ0) is 60.0. The third kappa shape index (κ3) is 62.0. The zero-order valence-corrected chi connectivity index (χ0v) is 55.6. The molecule has 82 heavy (non-hydrogen) atoms. The lowest BCUT2D eigenvalue weighted by molar-refractivity contribution is -0.870. The summed E-state index contributed by atoms with van der Waals surface area (Å²) in [7, 11) is 1.18. The molecule has 0 aromatic rings. The fraction of sp³-hybridized carbons (Fsp3) is 0.806. The molecule has 0 aliphatic carbocycles. The van der Waals surface area contributed by atoms with Gasteiger partial charge in [-0.3, -0.25) is 14.2 Å². The first-order valence-corrected chi connectivity index (χ1v) is 36.2. The Labute approximate surface area is 508 Å². The number of rotatable bonds is 63. The van der Waals surface area contributed by atoms with Gasteiger partial charge in [-0.25, -0.2) is 0 Å². The van der Waals surface area contributed by atoms with Crippen molar-refractivity contribution < 1.29 is 37.3 Å². The van der Waals surface area contributed by atoms with E-state index in [0.717, 1.165) is 77.0 Å². The number of amides is 1. The average molecular weight is 1170 g/mol. The Balaban J connectivity index is 5.11. The number of phosphoric acid groups is 1. The molecule has 3 unspecified atom stereocenters. The van der Waals surface area contributed by atoms with Gasteiger partial charge in [0.15, 0.2) is 0 Å². The average Bonchev–Trinajstić information content (AvgIpc) is 3.44. The van der Waals surface area contributed by atoms with Crippen LogP contribution in [0.15, 0.2) is 72.9 Å². The molecule has 0 aliphatic rings. The number of quaternary nitrogens is 1. The molecule has 0 radical (unpaired) electrons. The Bertz CT molecular complexity index is 1630. The third-order valence-electron chi connectivity index (χ3n) is 15.4. The number of ether oxygens (including phenoxy) is 1. The Morgan fingerprint density at radius 2 is 0.744 bits per heavy atom. The van der Waals surface area contributed by atoms with E-state index >= 15 is 0 Å². The first-order chi connectivity index (χ1) is 39.9. The first kappa shape index (κ1) is 79.5. The summed E-state index contributed by atoms with van der Waals surface area (Å²) in [5, 5.41) is 3.04. The number of carbonyl (C=O) groups excluding carboxylic acids is 2. The van der Waals surface area contributed by atoms with Crippen LogP contribution in [-0.4, -0.2) is 69.4 Å². The Morgan fingerprint density at radius 3 is 1.13 bits per heavy atom. The van der Waals surface area contributed by atoms with Crippen LogP contribution in [0.3, 0.4) is 0 Å². The lowest BCUT2D eigenvalue weighted by atomic mass is 10.0. The lowest BCUT2D eigenvalue weighted by Crippen LogP contribution is -2.47. The predicted octanol–water partition coefficient (Wildman–Crippen LogP) is 21.3. The molecule has 0 saturated carbocycles. The number of hydrogen-bond acceptors (Lipinski definition) is 7. The summed E-state index contributed by atoms with van der Waals surface area (Å²) < 4.78 is 30.4. The molecule has 0 aromatic heterocycles. The highest BCUT2D eigenvalue weighted by atomic mass is 31.2. The van der Waals surface area contributed by atoms with E-state index in [0.29, 0.717) is 17.4 Å². The largest absolute Gasteiger partial charge is 0.756 e. The van der Waals surface area contributed by atoms with Gasteiger partial charge in [-0.05, 0) is 102 Å². The molecule has 478 valence electrons. The van der Waals surface area contributed by atoms with Gasteiger partial charge in [-0.2, -0.15) is 0 Å². The molecule has 0 bridgehead atoms. The standard InChI is InChI=1S/C72H133N2O7P/c1-7-10-13-16-19-22-25-28-30-32-34-36-37-39-41-43-45-47-50-53-56-59-62-65-72(76)81-70(63-60-57-54-51-48-27-24-21-18-15-12-9-3)69(68-80-82(77,78)79-67-66-74(4,5)6)73-71(75)64-61-58-55-52-49-46-44-42-40-38-35-33-31-29-26-23-20-17-14-11-8-2/h19-20,22-23,28-31,34,36,60,63,69-70H,7-18,21,24-27,32-33,35,37-59,61-62,64-68H2,1-6H3,(H-,73,75,77,78)/b22-19-,23-20-,30-28-,31-29-,36-34-,63-60+. The van der Waals surface area contributed by atoms with E-state index in [9.17, 15) is 19.0 Å². The van der Waals surface area contributed by atoms with E-state index in [-0.39, 0.29) is 24.9 Å². The molecule has 1 amide bonds. The van der Waals surface area contributed by atoms with Gasteiger partial charge in [0, 0.05) is 12.8 Å².